The zero-order chi connectivity index (χ0) is 17.9. The molecule has 0 spiro atoms. The summed E-state index contributed by atoms with van der Waals surface area (Å²) in [4.78, 5) is 1.49. The van der Waals surface area contributed by atoms with Crippen LogP contribution in [0.3, 0.4) is 0 Å². The van der Waals surface area contributed by atoms with Crippen molar-refractivity contribution < 1.29 is 4.74 Å². The van der Waals surface area contributed by atoms with Crippen LogP contribution in [-0.2, 0) is 0 Å². The molecule has 0 aliphatic rings. The van der Waals surface area contributed by atoms with Gasteiger partial charge in [-0.15, -0.1) is 0 Å². The van der Waals surface area contributed by atoms with E-state index in [-0.39, 0.29) is 17.4 Å². The maximum Gasteiger partial charge on any atom is 0.119 e. The van der Waals surface area contributed by atoms with E-state index in [0.717, 1.165) is 0 Å². The minimum Gasteiger partial charge on any atom is -0.497 e. The number of nitrogens with zero attached hydrogens (tertiary/aromatic N) is 1. The number of ether oxygens (including phenoxy) is 1. The van der Waals surface area contributed by atoms with Crippen LogP contribution in [0, 0.1) is 16.2 Å². The van der Waals surface area contributed by atoms with Crippen LogP contribution < -0.4 is 9.64 Å². The van der Waals surface area contributed by atoms with E-state index >= 15 is 0 Å². The molecule has 0 saturated heterocycles. The SMILES string of the molecule is COc1ccc(N(C(C)=N)C(C)=N)c(C(=N)c2ccc(Cl)cc2)c1. The molecular formula is C18H19ClN4O. The number of nitrogens with one attached hydrogen (secondary N) is 3. The van der Waals surface area contributed by atoms with Gasteiger partial charge in [0.1, 0.15) is 17.4 Å². The molecule has 0 aromatic heterocycles. The van der Waals surface area contributed by atoms with Crippen molar-refractivity contribution in [3.05, 3.63) is 58.6 Å². The van der Waals surface area contributed by atoms with Crippen LogP contribution in [0.5, 0.6) is 5.75 Å². The number of anilines is 1. The zero-order valence-electron chi connectivity index (χ0n) is 13.8. The Balaban J connectivity index is 2.61. The molecule has 0 atom stereocenters. The second-order valence-electron chi connectivity index (χ2n) is 5.27. The standard InChI is InChI=1S/C18H19ClN4O/c1-11(20)23(12(2)21)17-9-8-15(24-3)10-16(17)18(22)13-4-6-14(19)7-5-13/h4-10,20-22H,1-3H3. The van der Waals surface area contributed by atoms with Crippen molar-refractivity contribution in [2.45, 2.75) is 13.8 Å². The summed E-state index contributed by atoms with van der Waals surface area (Å²) in [6, 6.07) is 12.3. The van der Waals surface area contributed by atoms with E-state index < -0.39 is 0 Å². The van der Waals surface area contributed by atoms with Gasteiger partial charge in [-0.25, -0.2) is 0 Å². The summed E-state index contributed by atoms with van der Waals surface area (Å²) >= 11 is 5.92. The topological polar surface area (TPSA) is 84.0 Å². The zero-order valence-corrected chi connectivity index (χ0v) is 14.5. The quantitative estimate of drug-likeness (QED) is 0.562. The summed E-state index contributed by atoms with van der Waals surface area (Å²) in [6.07, 6.45) is 0. The van der Waals surface area contributed by atoms with Gasteiger partial charge in [-0.1, -0.05) is 23.7 Å². The Bertz CT molecular complexity index is 785. The molecule has 2 aromatic carbocycles. The Morgan fingerprint density at radius 1 is 0.958 bits per heavy atom. The number of methoxy groups -OCH3 is 1. The minimum atomic E-state index is 0.206. The molecular weight excluding hydrogens is 324 g/mol. The summed E-state index contributed by atoms with van der Waals surface area (Å²) < 4.78 is 5.27. The number of amidine groups is 2. The van der Waals surface area contributed by atoms with Gasteiger partial charge < -0.3 is 4.74 Å². The van der Waals surface area contributed by atoms with Gasteiger partial charge in [-0.05, 0) is 44.2 Å². The van der Waals surface area contributed by atoms with Crippen LogP contribution in [0.2, 0.25) is 5.02 Å². The lowest BCUT2D eigenvalue weighted by atomic mass is 9.99. The van der Waals surface area contributed by atoms with Crippen LogP contribution in [0.25, 0.3) is 0 Å². The van der Waals surface area contributed by atoms with Gasteiger partial charge in [-0.3, -0.25) is 21.1 Å². The number of hydrogen-bond acceptors (Lipinski definition) is 4. The van der Waals surface area contributed by atoms with E-state index in [0.29, 0.717) is 27.6 Å². The maximum absolute atomic E-state index is 8.56. The highest BCUT2D eigenvalue weighted by atomic mass is 35.5. The fourth-order valence-electron chi connectivity index (χ4n) is 2.42. The van der Waals surface area contributed by atoms with E-state index in [1.165, 1.54) is 4.90 Å². The molecule has 0 aliphatic heterocycles. The molecule has 124 valence electrons. The first-order valence-corrected chi connectivity index (χ1v) is 7.66. The normalized spacial score (nSPS) is 10.2. The summed E-state index contributed by atoms with van der Waals surface area (Å²) in [5.74, 6) is 1.02. The fraction of sp³-hybridized carbons (Fsp3) is 0.167. The fourth-order valence-corrected chi connectivity index (χ4v) is 2.55. The largest absolute Gasteiger partial charge is 0.497 e. The Morgan fingerprint density at radius 2 is 1.54 bits per heavy atom. The van der Waals surface area contributed by atoms with E-state index in [9.17, 15) is 0 Å². The molecule has 0 radical (unpaired) electrons. The second kappa shape index (κ2) is 7.27. The molecule has 3 N–H and O–H groups in total. The third-order valence-electron chi connectivity index (χ3n) is 3.52. The summed E-state index contributed by atoms with van der Waals surface area (Å²) in [5.41, 5.74) is 2.14. The highest BCUT2D eigenvalue weighted by Crippen LogP contribution is 2.28. The number of benzene rings is 2. The van der Waals surface area contributed by atoms with Crippen molar-refractivity contribution >= 4 is 34.7 Å². The van der Waals surface area contributed by atoms with Crippen molar-refractivity contribution in [1.82, 2.24) is 0 Å². The van der Waals surface area contributed by atoms with Crippen LogP contribution in [0.4, 0.5) is 5.69 Å². The first-order valence-electron chi connectivity index (χ1n) is 7.28. The van der Waals surface area contributed by atoms with Gasteiger partial charge in [0.25, 0.3) is 0 Å². The van der Waals surface area contributed by atoms with Crippen molar-refractivity contribution in [1.29, 1.82) is 16.2 Å². The van der Waals surface area contributed by atoms with Crippen LogP contribution in [0.15, 0.2) is 42.5 Å². The van der Waals surface area contributed by atoms with E-state index in [2.05, 4.69) is 0 Å². The van der Waals surface area contributed by atoms with Gasteiger partial charge in [0, 0.05) is 16.1 Å². The Labute approximate surface area is 146 Å². The van der Waals surface area contributed by atoms with Gasteiger partial charge in [0.2, 0.25) is 0 Å². The average Bonchev–Trinajstić information content (AvgIpc) is 2.54. The van der Waals surface area contributed by atoms with Gasteiger partial charge >= 0.3 is 0 Å². The third-order valence-corrected chi connectivity index (χ3v) is 3.77. The first-order chi connectivity index (χ1) is 11.3. The molecule has 0 saturated carbocycles. The highest BCUT2D eigenvalue weighted by molar-refractivity contribution is 6.30. The molecule has 24 heavy (non-hydrogen) atoms. The molecule has 6 heteroatoms. The second-order valence-corrected chi connectivity index (χ2v) is 5.71. The predicted molar refractivity (Wildman–Crippen MR) is 99.7 cm³/mol. The van der Waals surface area contributed by atoms with Gasteiger partial charge in [0.15, 0.2) is 0 Å². The molecule has 0 fully saturated rings. The summed E-state index contributed by atoms with van der Waals surface area (Å²) in [7, 11) is 1.56. The Hall–Kier alpha value is -2.66. The van der Waals surface area contributed by atoms with Crippen molar-refractivity contribution in [3.63, 3.8) is 0 Å². The first kappa shape index (κ1) is 17.7. The number of rotatable bonds is 4. The van der Waals surface area contributed by atoms with Crippen LogP contribution >= 0.6 is 11.6 Å². The smallest absolute Gasteiger partial charge is 0.119 e. The summed E-state index contributed by atoms with van der Waals surface area (Å²) in [6.45, 7) is 3.22. The lowest BCUT2D eigenvalue weighted by Gasteiger charge is -2.25. The van der Waals surface area contributed by atoms with E-state index in [4.69, 9.17) is 32.6 Å². The van der Waals surface area contributed by atoms with Crippen molar-refractivity contribution in [2.75, 3.05) is 12.0 Å². The van der Waals surface area contributed by atoms with Gasteiger partial charge in [-0.2, -0.15) is 0 Å². The average molecular weight is 343 g/mol. The monoisotopic (exact) mass is 342 g/mol. The number of hydrogen-bond donors (Lipinski definition) is 3. The van der Waals surface area contributed by atoms with Crippen molar-refractivity contribution in [3.8, 4) is 5.75 Å². The molecule has 0 unspecified atom stereocenters. The molecule has 0 aliphatic carbocycles. The predicted octanol–water partition coefficient (Wildman–Crippen LogP) is 4.57. The lowest BCUT2D eigenvalue weighted by molar-refractivity contribution is 0.415. The number of halogens is 1. The molecule has 2 aromatic rings. The lowest BCUT2D eigenvalue weighted by Crippen LogP contribution is -2.33. The van der Waals surface area contributed by atoms with Crippen LogP contribution in [-0.4, -0.2) is 24.5 Å². The maximum atomic E-state index is 8.56. The molecule has 5 nitrogen and oxygen atoms in total. The Morgan fingerprint density at radius 3 is 2.04 bits per heavy atom. The Kier molecular flexibility index (Phi) is 5.36. The third kappa shape index (κ3) is 3.63. The molecule has 0 heterocycles. The highest BCUT2D eigenvalue weighted by Gasteiger charge is 2.19. The minimum absolute atomic E-state index is 0.206. The summed E-state index contributed by atoms with van der Waals surface area (Å²) in [5, 5.41) is 25.1. The molecule has 2 rings (SSSR count). The van der Waals surface area contributed by atoms with E-state index in [1.54, 1.807) is 63.4 Å². The van der Waals surface area contributed by atoms with Gasteiger partial charge in [0.05, 0.1) is 18.5 Å². The molecule has 0 bridgehead atoms. The van der Waals surface area contributed by atoms with Crippen molar-refractivity contribution in [2.24, 2.45) is 0 Å². The van der Waals surface area contributed by atoms with E-state index in [1.807, 2.05) is 0 Å². The molecule has 0 amide bonds. The van der Waals surface area contributed by atoms with Crippen LogP contribution in [0.1, 0.15) is 25.0 Å².